The molecule has 0 heterocycles. The first-order chi connectivity index (χ1) is 15.2. The van der Waals surface area contributed by atoms with Crippen LogP contribution in [0.3, 0.4) is 0 Å². The van der Waals surface area contributed by atoms with Gasteiger partial charge in [-0.3, -0.25) is 9.59 Å². The number of benzene rings is 2. The van der Waals surface area contributed by atoms with Crippen molar-refractivity contribution in [2.45, 2.75) is 57.9 Å². The molecule has 0 radical (unpaired) electrons. The third-order valence-corrected chi connectivity index (χ3v) is 7.36. The average molecular weight is 460 g/mol. The van der Waals surface area contributed by atoms with E-state index in [-0.39, 0.29) is 22.8 Å². The molecule has 0 aromatic heterocycles. The molecule has 2 rings (SSSR count). The lowest BCUT2D eigenvalue weighted by Crippen LogP contribution is -2.30. The van der Waals surface area contributed by atoms with Gasteiger partial charge in [0, 0.05) is 31.6 Å². The third-order valence-electron chi connectivity index (χ3n) is 5.30. The number of carbonyl (C=O) groups excluding carboxylic acids is 2. The summed E-state index contributed by atoms with van der Waals surface area (Å²) in [6, 6.07) is 14.0. The molecule has 2 aromatic carbocycles. The summed E-state index contributed by atoms with van der Waals surface area (Å²) < 4.78 is 26.5. The fraction of sp³-hybridized carbons (Fsp3) is 0.417. The van der Waals surface area contributed by atoms with Crippen LogP contribution in [0.2, 0.25) is 0 Å². The predicted molar refractivity (Wildman–Crippen MR) is 127 cm³/mol. The third kappa shape index (κ3) is 6.90. The second kappa shape index (κ2) is 11.8. The average Bonchev–Trinajstić information content (AvgIpc) is 2.79. The van der Waals surface area contributed by atoms with Crippen LogP contribution in [0.5, 0.6) is 0 Å². The van der Waals surface area contributed by atoms with E-state index in [1.165, 1.54) is 4.31 Å². The largest absolute Gasteiger partial charge is 0.350 e. The summed E-state index contributed by atoms with van der Waals surface area (Å²) in [6.45, 7) is 8.18. The maximum absolute atomic E-state index is 12.6. The Hall–Kier alpha value is -2.71. The molecule has 2 N–H and O–H groups in total. The van der Waals surface area contributed by atoms with E-state index in [4.69, 9.17) is 0 Å². The normalized spacial score (nSPS) is 12.4. The van der Waals surface area contributed by atoms with Gasteiger partial charge in [0.2, 0.25) is 21.8 Å². The van der Waals surface area contributed by atoms with Crippen molar-refractivity contribution < 1.29 is 18.0 Å². The molecule has 0 aliphatic rings. The molecule has 1 unspecified atom stereocenters. The standard InChI is InChI=1S/C24H33N3O4S/c1-5-23(28)26-21-13-11-20(12-14-21)18(4)25-24(29)17-10-19-8-15-22(16-9-19)32(30,31)27(6-2)7-3/h8-9,11-16,18H,5-7,10,17H2,1-4H3,(H,25,29)(H,26,28). The number of hydrogen-bond acceptors (Lipinski definition) is 4. The van der Waals surface area contributed by atoms with Crippen LogP contribution < -0.4 is 10.6 Å². The highest BCUT2D eigenvalue weighted by Gasteiger charge is 2.21. The van der Waals surface area contributed by atoms with E-state index in [2.05, 4.69) is 10.6 Å². The van der Waals surface area contributed by atoms with Crippen LogP contribution in [-0.4, -0.2) is 37.6 Å². The first-order valence-corrected chi connectivity index (χ1v) is 12.4. The number of hydrogen-bond donors (Lipinski definition) is 2. The summed E-state index contributed by atoms with van der Waals surface area (Å²) in [5.41, 5.74) is 2.58. The van der Waals surface area contributed by atoms with Crippen LogP contribution in [0.15, 0.2) is 53.4 Å². The molecule has 32 heavy (non-hydrogen) atoms. The molecule has 2 aromatic rings. The Balaban J connectivity index is 1.89. The highest BCUT2D eigenvalue weighted by atomic mass is 32.2. The summed E-state index contributed by atoms with van der Waals surface area (Å²) in [5.74, 6) is -0.126. The molecule has 1 atom stereocenters. The van der Waals surface area contributed by atoms with Gasteiger partial charge in [-0.15, -0.1) is 0 Å². The molecule has 8 heteroatoms. The van der Waals surface area contributed by atoms with E-state index in [0.29, 0.717) is 32.4 Å². The van der Waals surface area contributed by atoms with Gasteiger partial charge < -0.3 is 10.6 Å². The van der Waals surface area contributed by atoms with Crippen LogP contribution in [0.1, 0.15) is 57.7 Å². The Labute approximate surface area is 191 Å². The zero-order chi connectivity index (χ0) is 23.7. The summed E-state index contributed by atoms with van der Waals surface area (Å²) >= 11 is 0. The number of rotatable bonds is 11. The molecule has 0 aliphatic carbocycles. The molecule has 0 fully saturated rings. The first-order valence-electron chi connectivity index (χ1n) is 11.0. The van der Waals surface area contributed by atoms with Crippen LogP contribution >= 0.6 is 0 Å². The second-order valence-electron chi connectivity index (χ2n) is 7.55. The number of sulfonamides is 1. The predicted octanol–water partition coefficient (Wildman–Crippen LogP) is 3.88. The van der Waals surface area contributed by atoms with E-state index in [9.17, 15) is 18.0 Å². The lowest BCUT2D eigenvalue weighted by Gasteiger charge is -2.18. The minimum absolute atomic E-state index is 0.0437. The van der Waals surface area contributed by atoms with Crippen molar-refractivity contribution in [1.29, 1.82) is 0 Å². The SMILES string of the molecule is CCC(=O)Nc1ccc(C(C)NC(=O)CCc2ccc(S(=O)(=O)N(CC)CC)cc2)cc1. The maximum atomic E-state index is 12.6. The van der Waals surface area contributed by atoms with Crippen LogP contribution in [0.4, 0.5) is 5.69 Å². The number of nitrogens with one attached hydrogen (secondary N) is 2. The van der Waals surface area contributed by atoms with Gasteiger partial charge in [-0.25, -0.2) is 8.42 Å². The molecular formula is C24H33N3O4S. The summed E-state index contributed by atoms with van der Waals surface area (Å²) in [7, 11) is -3.48. The zero-order valence-corrected chi connectivity index (χ0v) is 20.0. The van der Waals surface area contributed by atoms with Crippen molar-refractivity contribution in [2.24, 2.45) is 0 Å². The van der Waals surface area contributed by atoms with Gasteiger partial charge in [-0.05, 0) is 48.7 Å². The molecule has 7 nitrogen and oxygen atoms in total. The van der Waals surface area contributed by atoms with E-state index in [0.717, 1.165) is 16.8 Å². The maximum Gasteiger partial charge on any atom is 0.243 e. The Morgan fingerprint density at radius 3 is 2.03 bits per heavy atom. The van der Waals surface area contributed by atoms with Gasteiger partial charge in [0.05, 0.1) is 10.9 Å². The Morgan fingerprint density at radius 1 is 0.906 bits per heavy atom. The zero-order valence-electron chi connectivity index (χ0n) is 19.2. The van der Waals surface area contributed by atoms with Gasteiger partial charge in [0.1, 0.15) is 0 Å². The fourth-order valence-electron chi connectivity index (χ4n) is 3.30. The Bertz CT molecular complexity index is 999. The second-order valence-corrected chi connectivity index (χ2v) is 9.48. The van der Waals surface area contributed by atoms with Gasteiger partial charge in [-0.2, -0.15) is 4.31 Å². The lowest BCUT2D eigenvalue weighted by molar-refractivity contribution is -0.121. The van der Waals surface area contributed by atoms with Crippen molar-refractivity contribution in [3.8, 4) is 0 Å². The van der Waals surface area contributed by atoms with Crippen molar-refractivity contribution in [3.63, 3.8) is 0 Å². The molecule has 0 saturated heterocycles. The highest BCUT2D eigenvalue weighted by molar-refractivity contribution is 7.89. The fourth-order valence-corrected chi connectivity index (χ4v) is 4.76. The smallest absolute Gasteiger partial charge is 0.243 e. The first kappa shape index (κ1) is 25.5. The summed E-state index contributed by atoms with van der Waals surface area (Å²) in [5, 5.41) is 5.77. The van der Waals surface area contributed by atoms with E-state index < -0.39 is 10.0 Å². The minimum atomic E-state index is -3.48. The number of amides is 2. The van der Waals surface area contributed by atoms with Crippen LogP contribution in [0, 0.1) is 0 Å². The Kier molecular flexibility index (Phi) is 9.41. The number of nitrogens with zero attached hydrogens (tertiary/aromatic N) is 1. The minimum Gasteiger partial charge on any atom is -0.350 e. The topological polar surface area (TPSA) is 95.6 Å². The van der Waals surface area contributed by atoms with E-state index in [1.54, 1.807) is 31.2 Å². The number of aryl methyl sites for hydroxylation is 1. The molecule has 174 valence electrons. The van der Waals surface area contributed by atoms with E-state index in [1.807, 2.05) is 45.0 Å². The van der Waals surface area contributed by atoms with Gasteiger partial charge >= 0.3 is 0 Å². The summed E-state index contributed by atoms with van der Waals surface area (Å²) in [4.78, 5) is 24.1. The molecule has 0 aliphatic heterocycles. The molecule has 0 saturated carbocycles. The van der Waals surface area contributed by atoms with Crippen molar-refractivity contribution in [1.82, 2.24) is 9.62 Å². The Morgan fingerprint density at radius 2 is 1.50 bits per heavy atom. The molecule has 0 bridgehead atoms. The molecular weight excluding hydrogens is 426 g/mol. The van der Waals surface area contributed by atoms with Crippen molar-refractivity contribution in [2.75, 3.05) is 18.4 Å². The van der Waals surface area contributed by atoms with Crippen molar-refractivity contribution >= 4 is 27.5 Å². The van der Waals surface area contributed by atoms with E-state index >= 15 is 0 Å². The highest BCUT2D eigenvalue weighted by Crippen LogP contribution is 2.18. The number of anilines is 1. The molecule has 0 spiro atoms. The van der Waals surface area contributed by atoms with Crippen LogP contribution in [-0.2, 0) is 26.0 Å². The monoisotopic (exact) mass is 459 g/mol. The summed E-state index contributed by atoms with van der Waals surface area (Å²) in [6.07, 6.45) is 1.24. The quantitative estimate of drug-likeness (QED) is 0.533. The van der Waals surface area contributed by atoms with Gasteiger partial charge in [0.15, 0.2) is 0 Å². The lowest BCUT2D eigenvalue weighted by atomic mass is 10.1. The molecule has 2 amide bonds. The number of carbonyl (C=O) groups is 2. The van der Waals surface area contributed by atoms with Crippen LogP contribution in [0.25, 0.3) is 0 Å². The van der Waals surface area contributed by atoms with Crippen molar-refractivity contribution in [3.05, 3.63) is 59.7 Å². The van der Waals surface area contributed by atoms with Gasteiger partial charge in [0.25, 0.3) is 0 Å². The van der Waals surface area contributed by atoms with Gasteiger partial charge in [-0.1, -0.05) is 45.0 Å².